The summed E-state index contributed by atoms with van der Waals surface area (Å²) in [7, 11) is 0. The number of amides is 1. The van der Waals surface area contributed by atoms with Crippen molar-refractivity contribution in [3.05, 3.63) is 23.0 Å². The van der Waals surface area contributed by atoms with Crippen molar-refractivity contribution < 1.29 is 4.79 Å². The molecule has 6 heteroatoms. The van der Waals surface area contributed by atoms with Crippen LogP contribution in [0.15, 0.2) is 6.07 Å². The Labute approximate surface area is 124 Å². The summed E-state index contributed by atoms with van der Waals surface area (Å²) in [5.74, 6) is 0.143. The minimum atomic E-state index is 0.0146. The third kappa shape index (κ3) is 3.12. The molecule has 1 aliphatic rings. The molecule has 2 heterocycles. The number of rotatable bonds is 3. The Kier molecular flexibility index (Phi) is 4.65. The van der Waals surface area contributed by atoms with Gasteiger partial charge >= 0.3 is 0 Å². The summed E-state index contributed by atoms with van der Waals surface area (Å²) in [6.45, 7) is 5.18. The Hall–Kier alpha value is -1.56. The van der Waals surface area contributed by atoms with Crippen LogP contribution < -0.4 is 5.73 Å². The van der Waals surface area contributed by atoms with E-state index >= 15 is 0 Å². The lowest BCUT2D eigenvalue weighted by Gasteiger charge is -2.32. The molecule has 1 saturated heterocycles. The number of nitrogens with two attached hydrogens (primary N) is 1. The van der Waals surface area contributed by atoms with Gasteiger partial charge in [0.05, 0.1) is 21.9 Å². The molecule has 1 aromatic rings. The summed E-state index contributed by atoms with van der Waals surface area (Å²) in [4.78, 5) is 15.0. The Bertz CT molecular complexity index is 532. The zero-order valence-electron chi connectivity index (χ0n) is 11.9. The number of likely N-dealkylation sites (tertiary alicyclic amines) is 1. The predicted molar refractivity (Wildman–Crippen MR) is 81.6 cm³/mol. The van der Waals surface area contributed by atoms with Crippen molar-refractivity contribution in [2.75, 3.05) is 13.1 Å². The van der Waals surface area contributed by atoms with E-state index in [1.807, 2.05) is 24.8 Å². The number of hydrogen-bond donors (Lipinski definition) is 1. The summed E-state index contributed by atoms with van der Waals surface area (Å²) in [6, 6.07) is 1.82. The van der Waals surface area contributed by atoms with Crippen molar-refractivity contribution in [2.24, 2.45) is 11.7 Å². The molecule has 1 fully saturated rings. The van der Waals surface area contributed by atoms with E-state index in [9.17, 15) is 4.79 Å². The summed E-state index contributed by atoms with van der Waals surface area (Å²) >= 11 is 5.06. The lowest BCUT2D eigenvalue weighted by atomic mass is 9.97. The Morgan fingerprint density at radius 1 is 1.55 bits per heavy atom. The normalized spacial score (nSPS) is 18.9. The number of aromatic nitrogens is 2. The molecular weight excluding hydrogens is 272 g/mol. The van der Waals surface area contributed by atoms with Crippen molar-refractivity contribution in [1.29, 1.82) is 0 Å². The minimum Gasteiger partial charge on any atom is -0.393 e. The number of carbonyl (C=O) groups is 1. The van der Waals surface area contributed by atoms with E-state index in [1.165, 1.54) is 0 Å². The van der Waals surface area contributed by atoms with Crippen LogP contribution in [0, 0.1) is 12.8 Å². The van der Waals surface area contributed by atoms with Gasteiger partial charge in [0.25, 0.3) is 5.91 Å². The first kappa shape index (κ1) is 14.8. The van der Waals surface area contributed by atoms with Gasteiger partial charge in [0.15, 0.2) is 0 Å². The zero-order chi connectivity index (χ0) is 14.7. The molecule has 1 amide bonds. The van der Waals surface area contributed by atoms with E-state index < -0.39 is 0 Å². The number of nitrogens with zero attached hydrogens (tertiary/aromatic N) is 3. The third-order valence-electron chi connectivity index (χ3n) is 3.67. The van der Waals surface area contributed by atoms with Crippen LogP contribution in [0.1, 0.15) is 41.5 Å². The van der Waals surface area contributed by atoms with Gasteiger partial charge < -0.3 is 10.6 Å². The fourth-order valence-electron chi connectivity index (χ4n) is 2.52. The molecule has 0 spiro atoms. The molecule has 1 unspecified atom stereocenters. The lowest BCUT2D eigenvalue weighted by molar-refractivity contribution is 0.0701. The average Bonchev–Trinajstić information content (AvgIpc) is 2.46. The number of thiocarbonyl (C=S) groups is 1. The zero-order valence-corrected chi connectivity index (χ0v) is 12.7. The predicted octanol–water partition coefficient (Wildman–Crippen LogP) is 1.49. The summed E-state index contributed by atoms with van der Waals surface area (Å²) < 4.78 is 0. The maximum absolute atomic E-state index is 12.7. The molecule has 0 aromatic carbocycles. The monoisotopic (exact) mass is 292 g/mol. The number of hydrogen-bond acceptors (Lipinski definition) is 4. The number of carbonyl (C=O) groups excluding carboxylic acids is 1. The van der Waals surface area contributed by atoms with Crippen LogP contribution in [0.3, 0.4) is 0 Å². The van der Waals surface area contributed by atoms with Crippen molar-refractivity contribution in [3.63, 3.8) is 0 Å². The Morgan fingerprint density at radius 3 is 2.95 bits per heavy atom. The highest BCUT2D eigenvalue weighted by molar-refractivity contribution is 7.80. The lowest BCUT2D eigenvalue weighted by Crippen LogP contribution is -2.44. The van der Waals surface area contributed by atoms with Gasteiger partial charge in [-0.05, 0) is 32.3 Å². The van der Waals surface area contributed by atoms with Crippen LogP contribution in [-0.2, 0) is 6.42 Å². The van der Waals surface area contributed by atoms with Crippen molar-refractivity contribution in [3.8, 4) is 0 Å². The third-order valence-corrected chi connectivity index (χ3v) is 4.00. The maximum atomic E-state index is 12.7. The second kappa shape index (κ2) is 6.26. The van der Waals surface area contributed by atoms with Gasteiger partial charge in [0, 0.05) is 19.0 Å². The smallest absolute Gasteiger partial charge is 0.255 e. The molecule has 1 aromatic heterocycles. The second-order valence-corrected chi connectivity index (χ2v) is 5.66. The molecule has 2 N–H and O–H groups in total. The van der Waals surface area contributed by atoms with Gasteiger partial charge in [0.2, 0.25) is 0 Å². The van der Waals surface area contributed by atoms with E-state index in [0.717, 1.165) is 30.8 Å². The first-order chi connectivity index (χ1) is 9.52. The molecule has 0 saturated carbocycles. The van der Waals surface area contributed by atoms with Gasteiger partial charge in [-0.3, -0.25) is 4.79 Å². The van der Waals surface area contributed by atoms with Gasteiger partial charge in [-0.2, -0.15) is 10.2 Å². The summed E-state index contributed by atoms with van der Waals surface area (Å²) in [6.07, 6.45) is 2.60. The molecular formula is C14H20N4OS. The summed E-state index contributed by atoms with van der Waals surface area (Å²) in [5, 5.41) is 8.14. The highest BCUT2D eigenvalue weighted by atomic mass is 32.1. The van der Waals surface area contributed by atoms with Crippen LogP contribution >= 0.6 is 12.2 Å². The van der Waals surface area contributed by atoms with E-state index in [-0.39, 0.29) is 11.8 Å². The average molecular weight is 292 g/mol. The first-order valence-electron chi connectivity index (χ1n) is 6.94. The SMILES string of the molecule is CCc1nnc(C)cc1C(=O)N1CCCC(C(N)=S)C1. The topological polar surface area (TPSA) is 72.1 Å². The second-order valence-electron chi connectivity index (χ2n) is 5.19. The van der Waals surface area contributed by atoms with Gasteiger partial charge in [-0.1, -0.05) is 19.1 Å². The fraction of sp³-hybridized carbons (Fsp3) is 0.571. The molecule has 2 rings (SSSR count). The van der Waals surface area contributed by atoms with Crippen LogP contribution in [0.5, 0.6) is 0 Å². The molecule has 20 heavy (non-hydrogen) atoms. The van der Waals surface area contributed by atoms with Gasteiger partial charge in [-0.25, -0.2) is 0 Å². The number of aryl methyl sites for hydroxylation is 2. The maximum Gasteiger partial charge on any atom is 0.255 e. The van der Waals surface area contributed by atoms with Crippen molar-refractivity contribution >= 4 is 23.1 Å². The standard InChI is InChI=1S/C14H20N4OS/c1-3-12-11(7-9(2)16-17-12)14(19)18-6-4-5-10(8-18)13(15)20/h7,10H,3-6,8H2,1-2H3,(H2,15,20). The largest absolute Gasteiger partial charge is 0.393 e. The molecule has 0 radical (unpaired) electrons. The minimum absolute atomic E-state index is 0.0146. The highest BCUT2D eigenvalue weighted by Crippen LogP contribution is 2.20. The highest BCUT2D eigenvalue weighted by Gasteiger charge is 2.27. The van der Waals surface area contributed by atoms with E-state index in [0.29, 0.717) is 23.5 Å². The first-order valence-corrected chi connectivity index (χ1v) is 7.35. The van der Waals surface area contributed by atoms with Crippen LogP contribution in [0.4, 0.5) is 0 Å². The molecule has 0 aliphatic carbocycles. The van der Waals surface area contributed by atoms with E-state index in [2.05, 4.69) is 10.2 Å². The molecule has 108 valence electrons. The van der Waals surface area contributed by atoms with Crippen molar-refractivity contribution in [2.45, 2.75) is 33.1 Å². The molecule has 1 atom stereocenters. The Balaban J connectivity index is 2.22. The van der Waals surface area contributed by atoms with Crippen molar-refractivity contribution in [1.82, 2.24) is 15.1 Å². The molecule has 5 nitrogen and oxygen atoms in total. The van der Waals surface area contributed by atoms with Gasteiger partial charge in [0.1, 0.15) is 0 Å². The fourth-order valence-corrected chi connectivity index (χ4v) is 2.72. The summed E-state index contributed by atoms with van der Waals surface area (Å²) in [5.41, 5.74) is 7.88. The van der Waals surface area contributed by atoms with Crippen LogP contribution in [0.25, 0.3) is 0 Å². The van der Waals surface area contributed by atoms with Gasteiger partial charge in [-0.15, -0.1) is 0 Å². The van der Waals surface area contributed by atoms with E-state index in [1.54, 1.807) is 0 Å². The van der Waals surface area contributed by atoms with E-state index in [4.69, 9.17) is 18.0 Å². The molecule has 1 aliphatic heterocycles. The molecule has 0 bridgehead atoms. The number of piperidine rings is 1. The van der Waals surface area contributed by atoms with Crippen LogP contribution in [0.2, 0.25) is 0 Å². The van der Waals surface area contributed by atoms with Crippen LogP contribution in [-0.4, -0.2) is 39.1 Å². The Morgan fingerprint density at radius 2 is 2.30 bits per heavy atom. The quantitative estimate of drug-likeness (QED) is 0.855.